The van der Waals surface area contributed by atoms with E-state index in [2.05, 4.69) is 9.69 Å². The Balaban J connectivity index is 1.79. The first-order valence-electron chi connectivity index (χ1n) is 5.96. The van der Waals surface area contributed by atoms with Crippen molar-refractivity contribution in [1.82, 2.24) is 9.69 Å². The number of ether oxygens (including phenoxy) is 1. The number of carbonyl (C=O) groups excluding carboxylic acids is 2. The fourth-order valence-corrected chi connectivity index (χ4v) is 2.42. The Morgan fingerprint density at radius 3 is 2.55 bits per heavy atom. The Hall–Kier alpha value is -1.70. The predicted octanol–water partition coefficient (Wildman–Crippen LogP) is 3.06. The molecular weight excluding hydrogens is 354 g/mol. The lowest BCUT2D eigenvalue weighted by Crippen LogP contribution is -2.28. The summed E-state index contributed by atoms with van der Waals surface area (Å²) in [7, 11) is 0. The van der Waals surface area contributed by atoms with Crippen LogP contribution in [0.5, 0.6) is 0 Å². The summed E-state index contributed by atoms with van der Waals surface area (Å²) in [6, 6.07) is 5.66. The van der Waals surface area contributed by atoms with Crippen LogP contribution in [0.1, 0.15) is 16.1 Å². The molecule has 0 aliphatic carbocycles. The minimum atomic E-state index is -0.829. The van der Waals surface area contributed by atoms with Crippen LogP contribution in [0.3, 0.4) is 0 Å². The largest absolute Gasteiger partial charge is 0.451 e. The van der Waals surface area contributed by atoms with Gasteiger partial charge in [-0.25, -0.2) is 9.18 Å². The number of benzene rings is 1. The number of halogens is 3. The van der Waals surface area contributed by atoms with Crippen LogP contribution in [-0.2, 0) is 16.1 Å². The third-order valence-corrected chi connectivity index (χ3v) is 4.14. The maximum Gasteiger partial charge on any atom is 0.360 e. The van der Waals surface area contributed by atoms with Crippen LogP contribution < -0.4 is 5.32 Å². The zero-order valence-corrected chi connectivity index (χ0v) is 13.3. The molecule has 0 fully saturated rings. The molecule has 22 heavy (non-hydrogen) atoms. The van der Waals surface area contributed by atoms with E-state index in [4.69, 9.17) is 27.9 Å². The average Bonchev–Trinajstić information content (AvgIpc) is 2.84. The third-order valence-electron chi connectivity index (χ3n) is 2.53. The number of aromatic nitrogens is 1. The summed E-state index contributed by atoms with van der Waals surface area (Å²) in [6.45, 7) is -0.286. The van der Waals surface area contributed by atoms with E-state index in [1.54, 1.807) is 12.1 Å². The molecule has 1 amide bonds. The normalized spacial score (nSPS) is 10.3. The lowest BCUT2D eigenvalue weighted by Gasteiger charge is -2.06. The second kappa shape index (κ2) is 7.53. The molecule has 116 valence electrons. The van der Waals surface area contributed by atoms with Gasteiger partial charge in [-0.15, -0.1) is 0 Å². The van der Waals surface area contributed by atoms with Crippen LogP contribution in [-0.4, -0.2) is 22.9 Å². The van der Waals surface area contributed by atoms with Crippen LogP contribution in [0, 0.1) is 5.82 Å². The van der Waals surface area contributed by atoms with E-state index >= 15 is 0 Å². The summed E-state index contributed by atoms with van der Waals surface area (Å²) in [5, 5.41) is 2.53. The highest BCUT2D eigenvalue weighted by Crippen LogP contribution is 2.29. The molecule has 0 radical (unpaired) electrons. The van der Waals surface area contributed by atoms with E-state index in [0.29, 0.717) is 0 Å². The number of esters is 1. The van der Waals surface area contributed by atoms with Gasteiger partial charge in [0.25, 0.3) is 5.91 Å². The third kappa shape index (κ3) is 4.40. The van der Waals surface area contributed by atoms with Gasteiger partial charge in [-0.3, -0.25) is 4.79 Å². The number of hydrogen-bond donors (Lipinski definition) is 1. The number of amides is 1. The first kappa shape index (κ1) is 16.7. The van der Waals surface area contributed by atoms with E-state index < -0.39 is 18.5 Å². The van der Waals surface area contributed by atoms with Gasteiger partial charge in [0, 0.05) is 6.54 Å². The van der Waals surface area contributed by atoms with Crippen molar-refractivity contribution in [3.05, 3.63) is 50.7 Å². The average molecular weight is 363 g/mol. The van der Waals surface area contributed by atoms with E-state index in [0.717, 1.165) is 17.1 Å². The van der Waals surface area contributed by atoms with Gasteiger partial charge in [0.05, 0.1) is 0 Å². The summed E-state index contributed by atoms with van der Waals surface area (Å²) in [4.78, 5) is 23.2. The lowest BCUT2D eigenvalue weighted by molar-refractivity contribution is -0.124. The van der Waals surface area contributed by atoms with Crippen molar-refractivity contribution in [2.45, 2.75) is 6.54 Å². The Morgan fingerprint density at radius 1 is 1.27 bits per heavy atom. The first-order chi connectivity index (χ1) is 10.5. The molecule has 1 heterocycles. The van der Waals surface area contributed by atoms with Crippen molar-refractivity contribution in [2.75, 3.05) is 6.61 Å². The second-order valence-electron chi connectivity index (χ2n) is 4.10. The van der Waals surface area contributed by atoms with Gasteiger partial charge in [-0.1, -0.05) is 35.3 Å². The topological polar surface area (TPSA) is 68.3 Å². The molecule has 2 aromatic rings. The fraction of sp³-hybridized carbons (Fsp3) is 0.154. The molecule has 5 nitrogen and oxygen atoms in total. The van der Waals surface area contributed by atoms with Crippen LogP contribution in [0.4, 0.5) is 4.39 Å². The highest BCUT2D eigenvalue weighted by molar-refractivity contribution is 7.11. The van der Waals surface area contributed by atoms with Crippen molar-refractivity contribution < 1.29 is 18.7 Å². The molecule has 0 unspecified atom stereocenters. The van der Waals surface area contributed by atoms with Gasteiger partial charge in [0.15, 0.2) is 12.3 Å². The summed E-state index contributed by atoms with van der Waals surface area (Å²) < 4.78 is 21.4. The van der Waals surface area contributed by atoms with Crippen molar-refractivity contribution >= 4 is 46.6 Å². The van der Waals surface area contributed by atoms with E-state index in [1.807, 2.05) is 0 Å². The highest BCUT2D eigenvalue weighted by atomic mass is 35.5. The van der Waals surface area contributed by atoms with Crippen LogP contribution in [0.2, 0.25) is 9.36 Å². The van der Waals surface area contributed by atoms with Crippen molar-refractivity contribution in [3.63, 3.8) is 0 Å². The summed E-state index contributed by atoms with van der Waals surface area (Å²) >= 11 is 12.3. The highest BCUT2D eigenvalue weighted by Gasteiger charge is 2.19. The Morgan fingerprint density at radius 2 is 1.95 bits per heavy atom. The summed E-state index contributed by atoms with van der Waals surface area (Å²) in [5.74, 6) is -1.69. The zero-order valence-electron chi connectivity index (χ0n) is 10.9. The quantitative estimate of drug-likeness (QED) is 0.830. The Kier molecular flexibility index (Phi) is 5.70. The summed E-state index contributed by atoms with van der Waals surface area (Å²) in [5.41, 5.74) is 0.596. The molecule has 0 aliphatic heterocycles. The van der Waals surface area contributed by atoms with Gasteiger partial charge in [-0.05, 0) is 29.2 Å². The van der Waals surface area contributed by atoms with Crippen molar-refractivity contribution in [1.29, 1.82) is 0 Å². The van der Waals surface area contributed by atoms with Crippen LogP contribution in [0.25, 0.3) is 0 Å². The van der Waals surface area contributed by atoms with Gasteiger partial charge in [0.1, 0.15) is 15.2 Å². The smallest absolute Gasteiger partial charge is 0.360 e. The molecular formula is C13H9Cl2FN2O3S. The molecule has 9 heteroatoms. The minimum Gasteiger partial charge on any atom is -0.451 e. The van der Waals surface area contributed by atoms with Gasteiger partial charge in [0.2, 0.25) is 0 Å². The molecule has 0 bridgehead atoms. The van der Waals surface area contributed by atoms with Gasteiger partial charge in [-0.2, -0.15) is 4.37 Å². The maximum absolute atomic E-state index is 12.7. The lowest BCUT2D eigenvalue weighted by atomic mass is 10.2. The molecule has 2 rings (SSSR count). The Labute approximate surface area is 139 Å². The molecule has 0 atom stereocenters. The predicted molar refractivity (Wildman–Crippen MR) is 80.7 cm³/mol. The molecule has 1 aromatic carbocycles. The number of hydrogen-bond acceptors (Lipinski definition) is 5. The first-order valence-corrected chi connectivity index (χ1v) is 7.49. The molecule has 1 aromatic heterocycles. The maximum atomic E-state index is 12.7. The molecule has 1 N–H and O–H groups in total. The van der Waals surface area contributed by atoms with Crippen molar-refractivity contribution in [2.24, 2.45) is 0 Å². The van der Waals surface area contributed by atoms with E-state index in [1.165, 1.54) is 12.1 Å². The SMILES string of the molecule is O=C(COC(=O)c1nsc(Cl)c1Cl)NCc1ccc(F)cc1. The number of rotatable bonds is 5. The molecule has 0 saturated carbocycles. The Bertz CT molecular complexity index is 691. The monoisotopic (exact) mass is 362 g/mol. The van der Waals surface area contributed by atoms with Gasteiger partial charge < -0.3 is 10.1 Å². The minimum absolute atomic E-state index is 0.00314. The fourth-order valence-electron chi connectivity index (χ4n) is 1.44. The molecule has 0 spiro atoms. The standard InChI is InChI=1S/C13H9Cl2FN2O3S/c14-10-11(18-22-12(10)15)13(20)21-6-9(19)17-5-7-1-3-8(16)4-2-7/h1-4H,5-6H2,(H,17,19). The van der Waals surface area contributed by atoms with Crippen LogP contribution >= 0.6 is 34.7 Å². The van der Waals surface area contributed by atoms with Gasteiger partial charge >= 0.3 is 5.97 Å². The number of carbonyl (C=O) groups is 2. The summed E-state index contributed by atoms with van der Waals surface area (Å²) in [6.07, 6.45) is 0. The number of nitrogens with zero attached hydrogens (tertiary/aromatic N) is 1. The zero-order chi connectivity index (χ0) is 16.1. The molecule has 0 aliphatic rings. The van der Waals surface area contributed by atoms with Crippen LogP contribution in [0.15, 0.2) is 24.3 Å². The van der Waals surface area contributed by atoms with E-state index in [-0.39, 0.29) is 27.4 Å². The molecule has 0 saturated heterocycles. The van der Waals surface area contributed by atoms with E-state index in [9.17, 15) is 14.0 Å². The second-order valence-corrected chi connectivity index (χ2v) is 5.85. The number of nitrogens with one attached hydrogen (secondary N) is 1. The van der Waals surface area contributed by atoms with Crippen molar-refractivity contribution in [3.8, 4) is 0 Å².